The summed E-state index contributed by atoms with van der Waals surface area (Å²) >= 11 is 0. The predicted molar refractivity (Wildman–Crippen MR) is 128 cm³/mol. The number of ether oxygens (including phenoxy) is 1. The number of alkyl halides is 3. The summed E-state index contributed by atoms with van der Waals surface area (Å²) in [4.78, 5) is 3.85. The third-order valence-corrected chi connectivity index (χ3v) is 7.37. The summed E-state index contributed by atoms with van der Waals surface area (Å²) in [6.07, 6.45) is -0.881. The Morgan fingerprint density at radius 3 is 2.54 bits per heavy atom. The van der Waals surface area contributed by atoms with Gasteiger partial charge in [0.1, 0.15) is 11.6 Å². The monoisotopic (exact) mass is 532 g/mol. The number of aromatic nitrogens is 3. The smallest absolute Gasteiger partial charge is 0.417 e. The molecule has 7 nitrogen and oxygen atoms in total. The summed E-state index contributed by atoms with van der Waals surface area (Å²) in [6.45, 7) is 0.456. The van der Waals surface area contributed by atoms with Crippen LogP contribution in [0.15, 0.2) is 65.8 Å². The van der Waals surface area contributed by atoms with Crippen molar-refractivity contribution in [3.05, 3.63) is 77.9 Å². The third-order valence-electron chi connectivity index (χ3n) is 6.01. The molecule has 0 spiro atoms. The van der Waals surface area contributed by atoms with E-state index in [4.69, 9.17) is 4.74 Å². The number of hydrogen-bond acceptors (Lipinski definition) is 5. The van der Waals surface area contributed by atoms with Crippen LogP contribution in [-0.4, -0.2) is 29.8 Å². The molecule has 1 N–H and O–H groups in total. The fraction of sp³-hybridized carbons (Fsp3) is 0.200. The molecule has 0 radical (unpaired) electrons. The fourth-order valence-corrected chi connectivity index (χ4v) is 5.39. The number of rotatable bonds is 5. The van der Waals surface area contributed by atoms with E-state index < -0.39 is 33.1 Å². The van der Waals surface area contributed by atoms with Crippen molar-refractivity contribution in [1.82, 2.24) is 14.8 Å². The molecule has 0 amide bonds. The molecule has 12 heteroatoms. The van der Waals surface area contributed by atoms with Crippen molar-refractivity contribution in [2.75, 3.05) is 11.3 Å². The second-order valence-electron chi connectivity index (χ2n) is 8.43. The SMILES string of the molecule is Cn1nccc1-c1c(NS(=O)(=O)c2ccc3c(c2)OCCC3)ccc(C(F)(F)F)c1-c1cc(F)ccn1. The van der Waals surface area contributed by atoms with Crippen LogP contribution in [0, 0.1) is 5.82 Å². The molecule has 0 saturated heterocycles. The first-order valence-corrected chi connectivity index (χ1v) is 12.7. The molecule has 0 bridgehead atoms. The van der Waals surface area contributed by atoms with Crippen LogP contribution in [0.4, 0.5) is 23.2 Å². The predicted octanol–water partition coefficient (Wildman–Crippen LogP) is 5.43. The van der Waals surface area contributed by atoms with Gasteiger partial charge in [0.25, 0.3) is 10.0 Å². The van der Waals surface area contributed by atoms with Gasteiger partial charge in [0.05, 0.1) is 34.1 Å². The van der Waals surface area contributed by atoms with Gasteiger partial charge in [-0.1, -0.05) is 6.07 Å². The normalized spacial score (nSPS) is 13.6. The van der Waals surface area contributed by atoms with Gasteiger partial charge in [-0.15, -0.1) is 0 Å². The summed E-state index contributed by atoms with van der Waals surface area (Å²) in [5, 5.41) is 4.03. The Kier molecular flexibility index (Phi) is 6.14. The number of nitrogens with one attached hydrogen (secondary N) is 1. The topological polar surface area (TPSA) is 86.1 Å². The van der Waals surface area contributed by atoms with Crippen LogP contribution in [0.3, 0.4) is 0 Å². The zero-order valence-electron chi connectivity index (χ0n) is 19.4. The van der Waals surface area contributed by atoms with Crippen molar-refractivity contribution in [2.24, 2.45) is 7.05 Å². The second kappa shape index (κ2) is 9.18. The van der Waals surface area contributed by atoms with Crippen molar-refractivity contribution in [1.29, 1.82) is 0 Å². The van der Waals surface area contributed by atoms with Crippen molar-refractivity contribution in [3.63, 3.8) is 0 Å². The highest BCUT2D eigenvalue weighted by molar-refractivity contribution is 7.92. The van der Waals surface area contributed by atoms with Gasteiger partial charge < -0.3 is 4.74 Å². The van der Waals surface area contributed by atoms with Crippen LogP contribution in [0.5, 0.6) is 5.75 Å². The lowest BCUT2D eigenvalue weighted by Gasteiger charge is -2.22. The standard InChI is InChI=1S/C25H20F4N4O3S/c1-33-21(9-11-31-33)24-19(32-37(34,35)17-5-4-15-3-2-12-36-22(15)14-17)7-6-18(25(27,28)29)23(24)20-13-16(26)8-10-30-20/h4-11,13-14,32H,2-3,12H2,1H3. The van der Waals surface area contributed by atoms with Crippen LogP contribution >= 0.6 is 0 Å². The highest BCUT2D eigenvalue weighted by Crippen LogP contribution is 2.46. The first-order chi connectivity index (χ1) is 17.5. The highest BCUT2D eigenvalue weighted by atomic mass is 32.2. The molecular formula is C25H20F4N4O3S. The number of aryl methyl sites for hydroxylation is 2. The molecule has 1 aliphatic heterocycles. The minimum absolute atomic E-state index is 0.116. The lowest BCUT2D eigenvalue weighted by atomic mass is 9.93. The van der Waals surface area contributed by atoms with E-state index >= 15 is 0 Å². The summed E-state index contributed by atoms with van der Waals surface area (Å²) in [5.74, 6) is -0.354. The summed E-state index contributed by atoms with van der Waals surface area (Å²) in [5.41, 5.74) is -1.17. The molecule has 0 fully saturated rings. The second-order valence-corrected chi connectivity index (χ2v) is 10.1. The van der Waals surface area contributed by atoms with E-state index in [9.17, 15) is 26.0 Å². The quantitative estimate of drug-likeness (QED) is 0.347. The van der Waals surface area contributed by atoms with Crippen molar-refractivity contribution >= 4 is 15.7 Å². The molecule has 192 valence electrons. The van der Waals surface area contributed by atoms with Crippen LogP contribution in [0.1, 0.15) is 17.5 Å². The highest BCUT2D eigenvalue weighted by Gasteiger charge is 2.37. The van der Waals surface area contributed by atoms with E-state index in [0.29, 0.717) is 12.4 Å². The Balaban J connectivity index is 1.73. The van der Waals surface area contributed by atoms with Crippen LogP contribution in [-0.2, 0) is 29.7 Å². The zero-order chi connectivity index (χ0) is 26.4. The molecule has 37 heavy (non-hydrogen) atoms. The van der Waals surface area contributed by atoms with Crippen molar-refractivity contribution in [2.45, 2.75) is 23.9 Å². The number of fused-ring (bicyclic) bond motifs is 1. The first kappa shape index (κ1) is 24.8. The van der Waals surface area contributed by atoms with Gasteiger partial charge in [-0.05, 0) is 48.7 Å². The van der Waals surface area contributed by atoms with E-state index in [1.165, 1.54) is 36.1 Å². The lowest BCUT2D eigenvalue weighted by molar-refractivity contribution is -0.137. The van der Waals surface area contributed by atoms with E-state index in [1.54, 1.807) is 6.07 Å². The van der Waals surface area contributed by atoms with Crippen LogP contribution < -0.4 is 9.46 Å². The maximum atomic E-state index is 14.2. The number of nitrogens with zero attached hydrogens (tertiary/aromatic N) is 3. The van der Waals surface area contributed by atoms with Gasteiger partial charge in [0.15, 0.2) is 0 Å². The number of hydrogen-bond donors (Lipinski definition) is 1. The molecule has 3 heterocycles. The van der Waals surface area contributed by atoms with Gasteiger partial charge >= 0.3 is 6.18 Å². The largest absolute Gasteiger partial charge is 0.493 e. The summed E-state index contributed by atoms with van der Waals surface area (Å²) < 4.78 is 92.6. The molecule has 1 aliphatic rings. The molecule has 0 atom stereocenters. The number of sulfonamides is 1. The Bertz CT molecular complexity index is 1600. The Hall–Kier alpha value is -3.93. The van der Waals surface area contributed by atoms with Gasteiger partial charge in [0, 0.05) is 42.7 Å². The average molecular weight is 533 g/mol. The first-order valence-electron chi connectivity index (χ1n) is 11.2. The van der Waals surface area contributed by atoms with Gasteiger partial charge in [-0.25, -0.2) is 12.8 Å². The maximum Gasteiger partial charge on any atom is 0.417 e. The molecule has 5 rings (SSSR count). The summed E-state index contributed by atoms with van der Waals surface area (Å²) in [7, 11) is -2.77. The number of benzene rings is 2. The fourth-order valence-electron chi connectivity index (χ4n) is 4.31. The average Bonchev–Trinajstić information content (AvgIpc) is 3.27. The number of halogens is 4. The van der Waals surface area contributed by atoms with Crippen LogP contribution in [0.2, 0.25) is 0 Å². The van der Waals surface area contributed by atoms with E-state index in [-0.39, 0.29) is 27.5 Å². The third kappa shape index (κ3) is 4.76. The molecule has 4 aromatic rings. The van der Waals surface area contributed by atoms with E-state index in [1.807, 2.05) is 0 Å². The van der Waals surface area contributed by atoms with E-state index in [2.05, 4.69) is 14.8 Å². The Labute approximate surface area is 209 Å². The molecule has 0 aliphatic carbocycles. The summed E-state index contributed by atoms with van der Waals surface area (Å²) in [6, 6.07) is 9.53. The zero-order valence-corrected chi connectivity index (χ0v) is 20.2. The Morgan fingerprint density at radius 1 is 1.03 bits per heavy atom. The molecule has 2 aromatic heterocycles. The van der Waals surface area contributed by atoms with Gasteiger partial charge in [-0.3, -0.25) is 14.4 Å². The van der Waals surface area contributed by atoms with Gasteiger partial charge in [0.2, 0.25) is 0 Å². The lowest BCUT2D eigenvalue weighted by Crippen LogP contribution is -2.17. The molecule has 0 saturated carbocycles. The molecular weight excluding hydrogens is 512 g/mol. The molecule has 2 aromatic carbocycles. The maximum absolute atomic E-state index is 14.2. The van der Waals surface area contributed by atoms with Crippen LogP contribution in [0.25, 0.3) is 22.5 Å². The van der Waals surface area contributed by atoms with Crippen molar-refractivity contribution < 1.29 is 30.7 Å². The minimum Gasteiger partial charge on any atom is -0.493 e. The van der Waals surface area contributed by atoms with Gasteiger partial charge in [-0.2, -0.15) is 18.3 Å². The van der Waals surface area contributed by atoms with E-state index in [0.717, 1.165) is 48.9 Å². The molecule has 0 unspecified atom stereocenters. The number of anilines is 1. The minimum atomic E-state index is -4.84. The Morgan fingerprint density at radius 2 is 1.84 bits per heavy atom. The number of pyridine rings is 1. The van der Waals surface area contributed by atoms with Crippen molar-refractivity contribution in [3.8, 4) is 28.3 Å².